The van der Waals surface area contributed by atoms with Gasteiger partial charge in [-0.05, 0) is 56.9 Å². The van der Waals surface area contributed by atoms with Gasteiger partial charge in [-0.1, -0.05) is 6.07 Å². The maximum atomic E-state index is 10.6. The van der Waals surface area contributed by atoms with Crippen LogP contribution in [0.4, 0.5) is 0 Å². The Labute approximate surface area is 102 Å². The van der Waals surface area contributed by atoms with Crippen molar-refractivity contribution in [2.75, 3.05) is 0 Å². The van der Waals surface area contributed by atoms with Gasteiger partial charge in [-0.25, -0.2) is 0 Å². The van der Waals surface area contributed by atoms with Crippen LogP contribution in [0.1, 0.15) is 37.0 Å². The number of carbonyl (C=O) groups is 1. The lowest BCUT2D eigenvalue weighted by Gasteiger charge is -2.15. The highest BCUT2D eigenvalue weighted by Gasteiger charge is 2.08. The standard InChI is InChI=1S/C14H20O3/c1-9(2)17-13-8-10(3)12(7-11(13)4)5-6-14(15)16/h7-9H,5-6H2,1-4H3,(H,15,16). The predicted molar refractivity (Wildman–Crippen MR) is 67.6 cm³/mol. The van der Waals surface area contributed by atoms with Gasteiger partial charge in [0.1, 0.15) is 5.75 Å². The molecule has 0 bridgehead atoms. The van der Waals surface area contributed by atoms with E-state index >= 15 is 0 Å². The van der Waals surface area contributed by atoms with Gasteiger partial charge in [-0.2, -0.15) is 0 Å². The highest BCUT2D eigenvalue weighted by Crippen LogP contribution is 2.24. The van der Waals surface area contributed by atoms with E-state index in [0.29, 0.717) is 6.42 Å². The first-order valence-electron chi connectivity index (χ1n) is 5.88. The van der Waals surface area contributed by atoms with Crippen LogP contribution in [-0.4, -0.2) is 17.2 Å². The molecule has 0 aliphatic rings. The Morgan fingerprint density at radius 1 is 1.29 bits per heavy atom. The molecule has 0 spiro atoms. The molecule has 1 N–H and O–H groups in total. The molecular weight excluding hydrogens is 216 g/mol. The zero-order chi connectivity index (χ0) is 13.0. The summed E-state index contributed by atoms with van der Waals surface area (Å²) in [5.41, 5.74) is 3.23. The number of rotatable bonds is 5. The molecule has 0 aromatic heterocycles. The minimum absolute atomic E-state index is 0.151. The van der Waals surface area contributed by atoms with E-state index in [-0.39, 0.29) is 12.5 Å². The minimum Gasteiger partial charge on any atom is -0.491 e. The van der Waals surface area contributed by atoms with E-state index in [1.54, 1.807) is 0 Å². The van der Waals surface area contributed by atoms with E-state index in [9.17, 15) is 4.79 Å². The van der Waals surface area contributed by atoms with Gasteiger partial charge in [-0.3, -0.25) is 4.79 Å². The molecule has 0 aliphatic carbocycles. The average molecular weight is 236 g/mol. The van der Waals surface area contributed by atoms with Gasteiger partial charge in [0.25, 0.3) is 0 Å². The molecule has 0 heterocycles. The van der Waals surface area contributed by atoms with E-state index in [2.05, 4.69) is 0 Å². The molecule has 0 amide bonds. The van der Waals surface area contributed by atoms with Crippen molar-refractivity contribution in [1.82, 2.24) is 0 Å². The Kier molecular flexibility index (Phi) is 4.55. The molecule has 3 heteroatoms. The van der Waals surface area contributed by atoms with E-state index in [1.165, 1.54) is 0 Å². The third-order valence-corrected chi connectivity index (χ3v) is 2.60. The second-order valence-corrected chi connectivity index (χ2v) is 4.60. The van der Waals surface area contributed by atoms with Gasteiger partial charge < -0.3 is 9.84 Å². The number of aryl methyl sites for hydroxylation is 3. The fraction of sp³-hybridized carbons (Fsp3) is 0.500. The SMILES string of the molecule is Cc1cc(OC(C)C)c(C)cc1CCC(=O)O. The fourth-order valence-corrected chi connectivity index (χ4v) is 1.74. The summed E-state index contributed by atoms with van der Waals surface area (Å²) in [5, 5.41) is 8.68. The predicted octanol–water partition coefficient (Wildman–Crippen LogP) is 3.11. The Morgan fingerprint density at radius 2 is 1.94 bits per heavy atom. The molecule has 0 unspecified atom stereocenters. The molecule has 0 saturated carbocycles. The van der Waals surface area contributed by atoms with Crippen molar-refractivity contribution in [2.24, 2.45) is 0 Å². The first-order valence-corrected chi connectivity index (χ1v) is 5.88. The molecule has 3 nitrogen and oxygen atoms in total. The highest BCUT2D eigenvalue weighted by molar-refractivity contribution is 5.67. The topological polar surface area (TPSA) is 46.5 Å². The van der Waals surface area contributed by atoms with Crippen LogP contribution >= 0.6 is 0 Å². The smallest absolute Gasteiger partial charge is 0.303 e. The van der Waals surface area contributed by atoms with Crippen LogP contribution in [0.3, 0.4) is 0 Å². The number of hydrogen-bond donors (Lipinski definition) is 1. The molecule has 0 saturated heterocycles. The van der Waals surface area contributed by atoms with Gasteiger partial charge in [-0.15, -0.1) is 0 Å². The monoisotopic (exact) mass is 236 g/mol. The lowest BCUT2D eigenvalue weighted by molar-refractivity contribution is -0.136. The minimum atomic E-state index is -0.760. The number of ether oxygens (including phenoxy) is 1. The van der Waals surface area contributed by atoms with Crippen molar-refractivity contribution < 1.29 is 14.6 Å². The Hall–Kier alpha value is -1.51. The molecule has 94 valence electrons. The molecule has 1 rings (SSSR count). The summed E-state index contributed by atoms with van der Waals surface area (Å²) < 4.78 is 5.69. The van der Waals surface area contributed by atoms with E-state index < -0.39 is 5.97 Å². The molecule has 1 aromatic carbocycles. The van der Waals surface area contributed by atoms with Crippen LogP contribution in [0.15, 0.2) is 12.1 Å². The third kappa shape index (κ3) is 4.10. The summed E-state index contributed by atoms with van der Waals surface area (Å²) in [6.45, 7) is 7.96. The third-order valence-electron chi connectivity index (χ3n) is 2.60. The van der Waals surface area contributed by atoms with E-state index in [4.69, 9.17) is 9.84 Å². The number of hydrogen-bond acceptors (Lipinski definition) is 2. The maximum absolute atomic E-state index is 10.6. The van der Waals surface area contributed by atoms with Crippen LogP contribution < -0.4 is 4.74 Å². The number of benzene rings is 1. The Balaban J connectivity index is 2.88. The first-order chi connectivity index (χ1) is 7.90. The molecule has 0 fully saturated rings. The average Bonchev–Trinajstić information content (AvgIpc) is 2.20. The molecule has 0 radical (unpaired) electrons. The van der Waals surface area contributed by atoms with Gasteiger partial charge in [0.2, 0.25) is 0 Å². The largest absolute Gasteiger partial charge is 0.491 e. The van der Waals surface area contributed by atoms with Gasteiger partial charge >= 0.3 is 5.97 Å². The summed E-state index contributed by atoms with van der Waals surface area (Å²) in [4.78, 5) is 10.6. The lowest BCUT2D eigenvalue weighted by atomic mass is 10.0. The zero-order valence-electron chi connectivity index (χ0n) is 10.9. The number of carboxylic acids is 1. The zero-order valence-corrected chi connectivity index (χ0v) is 10.9. The van der Waals surface area contributed by atoms with Crippen LogP contribution in [-0.2, 0) is 11.2 Å². The van der Waals surface area contributed by atoms with Crippen molar-refractivity contribution in [2.45, 2.75) is 46.6 Å². The summed E-state index contributed by atoms with van der Waals surface area (Å²) in [6.07, 6.45) is 0.896. The van der Waals surface area contributed by atoms with Crippen molar-refractivity contribution in [3.8, 4) is 5.75 Å². The van der Waals surface area contributed by atoms with Gasteiger partial charge in [0, 0.05) is 6.42 Å². The summed E-state index contributed by atoms with van der Waals surface area (Å²) in [7, 11) is 0. The number of carboxylic acid groups (broad SMARTS) is 1. The second-order valence-electron chi connectivity index (χ2n) is 4.60. The summed E-state index contributed by atoms with van der Waals surface area (Å²) in [6, 6.07) is 4.02. The molecule has 0 atom stereocenters. The van der Waals surface area contributed by atoms with Crippen molar-refractivity contribution in [3.63, 3.8) is 0 Å². The lowest BCUT2D eigenvalue weighted by Crippen LogP contribution is -2.08. The first kappa shape index (κ1) is 13.6. The summed E-state index contributed by atoms with van der Waals surface area (Å²) in [5.74, 6) is 0.126. The second kappa shape index (κ2) is 5.71. The van der Waals surface area contributed by atoms with Crippen molar-refractivity contribution in [1.29, 1.82) is 0 Å². The maximum Gasteiger partial charge on any atom is 0.303 e. The molecule has 1 aromatic rings. The fourth-order valence-electron chi connectivity index (χ4n) is 1.74. The van der Waals surface area contributed by atoms with Crippen LogP contribution in [0.25, 0.3) is 0 Å². The molecule has 0 aliphatic heterocycles. The van der Waals surface area contributed by atoms with Crippen LogP contribution in [0.5, 0.6) is 5.75 Å². The Morgan fingerprint density at radius 3 is 2.47 bits per heavy atom. The summed E-state index contributed by atoms with van der Waals surface area (Å²) >= 11 is 0. The molecule has 17 heavy (non-hydrogen) atoms. The number of aliphatic carboxylic acids is 1. The molecular formula is C14H20O3. The van der Waals surface area contributed by atoms with E-state index in [0.717, 1.165) is 22.4 Å². The van der Waals surface area contributed by atoms with Gasteiger partial charge in [0.05, 0.1) is 6.10 Å². The normalized spacial score (nSPS) is 10.6. The quantitative estimate of drug-likeness (QED) is 0.854. The Bertz CT molecular complexity index is 408. The van der Waals surface area contributed by atoms with Gasteiger partial charge in [0.15, 0.2) is 0 Å². The van der Waals surface area contributed by atoms with Crippen molar-refractivity contribution >= 4 is 5.97 Å². The van der Waals surface area contributed by atoms with E-state index in [1.807, 2.05) is 39.8 Å². The highest BCUT2D eigenvalue weighted by atomic mass is 16.5. The van der Waals surface area contributed by atoms with Crippen LogP contribution in [0.2, 0.25) is 0 Å². The van der Waals surface area contributed by atoms with Crippen molar-refractivity contribution in [3.05, 3.63) is 28.8 Å². The van der Waals surface area contributed by atoms with Crippen LogP contribution in [0, 0.1) is 13.8 Å².